The van der Waals surface area contributed by atoms with Crippen LogP contribution in [0.25, 0.3) is 0 Å². The van der Waals surface area contributed by atoms with Gasteiger partial charge in [0.2, 0.25) is 0 Å². The number of hydrogen-bond donors (Lipinski definition) is 2. The number of phenols is 1. The van der Waals surface area contributed by atoms with Gasteiger partial charge in [-0.3, -0.25) is 0 Å². The first-order chi connectivity index (χ1) is 8.66. The third-order valence-electron chi connectivity index (χ3n) is 2.63. The SMILES string of the molecule is Oc1ccc(CNCc2c(Cl)cccc2Cl)cc1. The molecule has 0 aromatic heterocycles. The highest BCUT2D eigenvalue weighted by Gasteiger charge is 2.04. The predicted octanol–water partition coefficient (Wildman–Crippen LogP) is 3.99. The Balaban J connectivity index is 1.94. The lowest BCUT2D eigenvalue weighted by molar-refractivity contribution is 0.475. The largest absolute Gasteiger partial charge is 0.508 e. The Bertz CT molecular complexity index is 506. The summed E-state index contributed by atoms with van der Waals surface area (Å²) in [5.74, 6) is 0.271. The number of hydrogen-bond acceptors (Lipinski definition) is 2. The molecular formula is C14H13Cl2NO. The van der Waals surface area contributed by atoms with Crippen molar-refractivity contribution in [3.8, 4) is 5.75 Å². The average Bonchev–Trinajstić information content (AvgIpc) is 2.35. The fraction of sp³-hybridized carbons (Fsp3) is 0.143. The molecule has 0 heterocycles. The maximum Gasteiger partial charge on any atom is 0.115 e. The summed E-state index contributed by atoms with van der Waals surface area (Å²) in [6.07, 6.45) is 0. The molecule has 2 nitrogen and oxygen atoms in total. The van der Waals surface area contributed by atoms with Crippen LogP contribution in [0.2, 0.25) is 10.0 Å². The van der Waals surface area contributed by atoms with E-state index in [9.17, 15) is 5.11 Å². The van der Waals surface area contributed by atoms with E-state index >= 15 is 0 Å². The van der Waals surface area contributed by atoms with Crippen molar-refractivity contribution in [1.29, 1.82) is 0 Å². The van der Waals surface area contributed by atoms with Crippen molar-refractivity contribution in [2.45, 2.75) is 13.1 Å². The molecule has 0 saturated heterocycles. The quantitative estimate of drug-likeness (QED) is 0.888. The van der Waals surface area contributed by atoms with Gasteiger partial charge in [0.25, 0.3) is 0 Å². The lowest BCUT2D eigenvalue weighted by atomic mass is 10.2. The molecule has 0 aliphatic carbocycles. The molecular weight excluding hydrogens is 269 g/mol. The Labute approximate surface area is 116 Å². The molecule has 0 aliphatic heterocycles. The molecule has 2 N–H and O–H groups in total. The number of phenolic OH excluding ortho intramolecular Hbond substituents is 1. The first kappa shape index (κ1) is 13.2. The van der Waals surface area contributed by atoms with E-state index in [-0.39, 0.29) is 5.75 Å². The molecule has 0 spiro atoms. The average molecular weight is 282 g/mol. The van der Waals surface area contributed by atoms with E-state index in [1.54, 1.807) is 12.1 Å². The highest BCUT2D eigenvalue weighted by atomic mass is 35.5. The smallest absolute Gasteiger partial charge is 0.115 e. The third kappa shape index (κ3) is 3.39. The minimum atomic E-state index is 0.271. The van der Waals surface area contributed by atoms with Gasteiger partial charge in [-0.1, -0.05) is 41.4 Å². The van der Waals surface area contributed by atoms with Gasteiger partial charge in [0, 0.05) is 28.7 Å². The van der Waals surface area contributed by atoms with Crippen LogP contribution < -0.4 is 5.32 Å². The van der Waals surface area contributed by atoms with Crippen LogP contribution in [0.1, 0.15) is 11.1 Å². The predicted molar refractivity (Wildman–Crippen MR) is 75.1 cm³/mol. The third-order valence-corrected chi connectivity index (χ3v) is 3.34. The molecule has 0 fully saturated rings. The van der Waals surface area contributed by atoms with Gasteiger partial charge in [0.15, 0.2) is 0 Å². The highest BCUT2D eigenvalue weighted by molar-refractivity contribution is 6.35. The van der Waals surface area contributed by atoms with Crippen molar-refractivity contribution < 1.29 is 5.11 Å². The monoisotopic (exact) mass is 281 g/mol. The Hall–Kier alpha value is -1.22. The molecule has 2 aromatic carbocycles. The second kappa shape index (κ2) is 6.10. The van der Waals surface area contributed by atoms with Crippen LogP contribution in [0, 0.1) is 0 Å². The van der Waals surface area contributed by atoms with Gasteiger partial charge in [-0.05, 0) is 29.8 Å². The molecule has 0 saturated carbocycles. The van der Waals surface area contributed by atoms with Crippen molar-refractivity contribution in [3.05, 3.63) is 63.6 Å². The Kier molecular flexibility index (Phi) is 4.48. The summed E-state index contributed by atoms with van der Waals surface area (Å²) >= 11 is 12.1. The zero-order valence-electron chi connectivity index (χ0n) is 9.66. The zero-order chi connectivity index (χ0) is 13.0. The normalized spacial score (nSPS) is 10.6. The molecule has 0 amide bonds. The second-order valence-electron chi connectivity index (χ2n) is 3.97. The van der Waals surface area contributed by atoms with Crippen LogP contribution in [0.5, 0.6) is 5.75 Å². The van der Waals surface area contributed by atoms with Crippen LogP contribution in [-0.2, 0) is 13.1 Å². The van der Waals surface area contributed by atoms with Gasteiger partial charge in [-0.2, -0.15) is 0 Å². The lowest BCUT2D eigenvalue weighted by Gasteiger charge is -2.08. The summed E-state index contributed by atoms with van der Waals surface area (Å²) in [5, 5.41) is 13.8. The van der Waals surface area contributed by atoms with E-state index in [4.69, 9.17) is 23.2 Å². The summed E-state index contributed by atoms with van der Waals surface area (Å²) in [6.45, 7) is 1.31. The van der Waals surface area contributed by atoms with Gasteiger partial charge in [0.1, 0.15) is 5.75 Å². The van der Waals surface area contributed by atoms with Crippen molar-refractivity contribution >= 4 is 23.2 Å². The molecule has 4 heteroatoms. The van der Waals surface area contributed by atoms with Gasteiger partial charge in [-0.25, -0.2) is 0 Å². The Morgan fingerprint density at radius 1 is 0.889 bits per heavy atom. The van der Waals surface area contributed by atoms with Gasteiger partial charge in [0.05, 0.1) is 0 Å². The van der Waals surface area contributed by atoms with Gasteiger partial charge < -0.3 is 10.4 Å². The van der Waals surface area contributed by atoms with Gasteiger partial charge >= 0.3 is 0 Å². The minimum absolute atomic E-state index is 0.271. The summed E-state index contributed by atoms with van der Waals surface area (Å²) in [5.41, 5.74) is 2.00. The number of benzene rings is 2. The molecule has 0 radical (unpaired) electrons. The summed E-state index contributed by atoms with van der Waals surface area (Å²) in [4.78, 5) is 0. The van der Waals surface area contributed by atoms with E-state index in [2.05, 4.69) is 5.32 Å². The van der Waals surface area contributed by atoms with Crippen LogP contribution in [0.4, 0.5) is 0 Å². The fourth-order valence-electron chi connectivity index (χ4n) is 1.65. The fourth-order valence-corrected chi connectivity index (χ4v) is 2.18. The summed E-state index contributed by atoms with van der Waals surface area (Å²) < 4.78 is 0. The number of nitrogens with one attached hydrogen (secondary N) is 1. The van der Waals surface area contributed by atoms with Crippen LogP contribution in [0.3, 0.4) is 0 Å². The summed E-state index contributed by atoms with van der Waals surface area (Å²) in [7, 11) is 0. The summed E-state index contributed by atoms with van der Waals surface area (Å²) in [6, 6.07) is 12.6. The minimum Gasteiger partial charge on any atom is -0.508 e. The molecule has 0 unspecified atom stereocenters. The molecule has 94 valence electrons. The zero-order valence-corrected chi connectivity index (χ0v) is 11.2. The second-order valence-corrected chi connectivity index (χ2v) is 4.78. The van der Waals surface area contributed by atoms with Crippen LogP contribution in [0.15, 0.2) is 42.5 Å². The van der Waals surface area contributed by atoms with Crippen molar-refractivity contribution in [3.63, 3.8) is 0 Å². The topological polar surface area (TPSA) is 32.3 Å². The number of rotatable bonds is 4. The molecule has 0 atom stereocenters. The van der Waals surface area contributed by atoms with E-state index in [1.807, 2.05) is 30.3 Å². The Morgan fingerprint density at radius 2 is 1.50 bits per heavy atom. The van der Waals surface area contributed by atoms with Crippen LogP contribution in [-0.4, -0.2) is 5.11 Å². The standard InChI is InChI=1S/C14H13Cl2NO/c15-13-2-1-3-14(16)12(13)9-17-8-10-4-6-11(18)7-5-10/h1-7,17-18H,8-9H2. The van der Waals surface area contributed by atoms with E-state index < -0.39 is 0 Å². The number of halogens is 2. The maximum atomic E-state index is 9.18. The molecule has 0 bridgehead atoms. The Morgan fingerprint density at radius 3 is 2.11 bits per heavy atom. The maximum absolute atomic E-state index is 9.18. The van der Waals surface area contributed by atoms with Gasteiger partial charge in [-0.15, -0.1) is 0 Å². The van der Waals surface area contributed by atoms with Crippen molar-refractivity contribution in [2.24, 2.45) is 0 Å². The first-order valence-electron chi connectivity index (χ1n) is 5.58. The van der Waals surface area contributed by atoms with E-state index in [0.717, 1.165) is 11.1 Å². The molecule has 0 aliphatic rings. The van der Waals surface area contributed by atoms with Crippen LogP contribution >= 0.6 is 23.2 Å². The van der Waals surface area contributed by atoms with Crippen molar-refractivity contribution in [1.82, 2.24) is 5.32 Å². The molecule has 2 rings (SSSR count). The molecule has 18 heavy (non-hydrogen) atoms. The lowest BCUT2D eigenvalue weighted by Crippen LogP contribution is -2.13. The number of aromatic hydroxyl groups is 1. The first-order valence-corrected chi connectivity index (χ1v) is 6.34. The highest BCUT2D eigenvalue weighted by Crippen LogP contribution is 2.23. The molecule has 2 aromatic rings. The van der Waals surface area contributed by atoms with E-state index in [0.29, 0.717) is 23.1 Å². The van der Waals surface area contributed by atoms with Crippen molar-refractivity contribution in [2.75, 3.05) is 0 Å². The van der Waals surface area contributed by atoms with E-state index in [1.165, 1.54) is 0 Å².